The molecule has 0 spiro atoms. The van der Waals surface area contributed by atoms with Crippen LogP contribution in [0.1, 0.15) is 22.4 Å². The monoisotopic (exact) mass is 385 g/mol. The van der Waals surface area contributed by atoms with Crippen molar-refractivity contribution >= 4 is 17.5 Å². The van der Waals surface area contributed by atoms with Crippen LogP contribution in [0.4, 0.5) is 4.39 Å². The molecule has 2 N–H and O–H groups in total. The molecule has 0 atom stereocenters. The predicted octanol–water partition coefficient (Wildman–Crippen LogP) is 3.88. The van der Waals surface area contributed by atoms with Gasteiger partial charge in [-0.1, -0.05) is 35.9 Å². The number of halogens is 2. The van der Waals surface area contributed by atoms with Gasteiger partial charge in [0, 0.05) is 23.7 Å². The van der Waals surface area contributed by atoms with Gasteiger partial charge in [0.25, 0.3) is 0 Å². The lowest BCUT2D eigenvalue weighted by atomic mass is 10.00. The third-order valence-electron chi connectivity index (χ3n) is 4.28. The molecule has 0 aliphatic carbocycles. The molecule has 3 rings (SSSR count). The first-order valence-corrected chi connectivity index (χ1v) is 8.64. The van der Waals surface area contributed by atoms with E-state index >= 15 is 0 Å². The fraction of sp³-hybridized carbons (Fsp3) is 0.150. The topological polar surface area (TPSA) is 75.1 Å². The Hall–Kier alpha value is -2.83. The fourth-order valence-electron chi connectivity index (χ4n) is 2.75. The molecule has 0 aliphatic heterocycles. The number of hydrogen-bond donors (Lipinski definition) is 2. The lowest BCUT2D eigenvalue weighted by molar-refractivity contribution is -0.128. The van der Waals surface area contributed by atoms with Crippen molar-refractivity contribution < 1.29 is 14.4 Å². The van der Waals surface area contributed by atoms with Gasteiger partial charge in [0.2, 0.25) is 5.91 Å². The first kappa shape index (κ1) is 18.9. The maximum Gasteiger partial charge on any atom is 0.247 e. The van der Waals surface area contributed by atoms with Gasteiger partial charge in [-0.05, 0) is 36.2 Å². The number of carbonyl (C=O) groups excluding carboxylic acids is 1. The number of carbonyl (C=O) groups is 1. The molecular formula is C20H17ClFN3O2. The molecule has 27 heavy (non-hydrogen) atoms. The maximum absolute atomic E-state index is 13.9. The minimum absolute atomic E-state index is 0.0942. The lowest BCUT2D eigenvalue weighted by Gasteiger charge is -2.12. The molecule has 3 aromatic rings. The number of nitrogens with zero attached hydrogens (tertiary/aromatic N) is 2. The molecule has 0 saturated heterocycles. The SMILES string of the molecule is Cc1c(F)cccc1Cc1nc(-c2ccccc2Cl)ncc1CC(=O)NO. The van der Waals surface area contributed by atoms with Gasteiger partial charge in [-0.25, -0.2) is 19.8 Å². The average Bonchev–Trinajstić information content (AvgIpc) is 2.67. The van der Waals surface area contributed by atoms with Crippen molar-refractivity contribution in [3.8, 4) is 11.4 Å². The van der Waals surface area contributed by atoms with E-state index in [1.807, 2.05) is 18.2 Å². The van der Waals surface area contributed by atoms with Gasteiger partial charge in [0.1, 0.15) is 5.82 Å². The van der Waals surface area contributed by atoms with Crippen LogP contribution in [0, 0.1) is 12.7 Å². The van der Waals surface area contributed by atoms with Crippen molar-refractivity contribution in [1.82, 2.24) is 15.4 Å². The largest absolute Gasteiger partial charge is 0.289 e. The summed E-state index contributed by atoms with van der Waals surface area (Å²) in [5, 5.41) is 9.32. The Morgan fingerprint density at radius 1 is 1.19 bits per heavy atom. The molecule has 0 bridgehead atoms. The summed E-state index contributed by atoms with van der Waals surface area (Å²) in [6.45, 7) is 1.70. The molecule has 2 aromatic carbocycles. The number of nitrogens with one attached hydrogen (secondary N) is 1. The van der Waals surface area contributed by atoms with Crippen molar-refractivity contribution in [1.29, 1.82) is 0 Å². The number of rotatable bonds is 5. The van der Waals surface area contributed by atoms with E-state index in [4.69, 9.17) is 16.8 Å². The second-order valence-corrected chi connectivity index (χ2v) is 6.47. The molecule has 5 nitrogen and oxygen atoms in total. The van der Waals surface area contributed by atoms with Gasteiger partial charge in [-0.15, -0.1) is 0 Å². The third-order valence-corrected chi connectivity index (χ3v) is 4.61. The molecule has 0 radical (unpaired) electrons. The molecular weight excluding hydrogens is 369 g/mol. The predicted molar refractivity (Wildman–Crippen MR) is 100 cm³/mol. The molecule has 0 aliphatic rings. The Labute approximate surface area is 160 Å². The molecule has 1 aromatic heterocycles. The van der Waals surface area contributed by atoms with Gasteiger partial charge in [0.05, 0.1) is 17.1 Å². The summed E-state index contributed by atoms with van der Waals surface area (Å²) >= 11 is 6.24. The zero-order chi connectivity index (χ0) is 19.4. The summed E-state index contributed by atoms with van der Waals surface area (Å²) in [7, 11) is 0. The fourth-order valence-corrected chi connectivity index (χ4v) is 2.97. The van der Waals surface area contributed by atoms with Gasteiger partial charge >= 0.3 is 0 Å². The summed E-state index contributed by atoms with van der Waals surface area (Å²) in [6.07, 6.45) is 1.76. The summed E-state index contributed by atoms with van der Waals surface area (Å²) < 4.78 is 13.9. The van der Waals surface area contributed by atoms with E-state index in [1.54, 1.807) is 30.6 Å². The second kappa shape index (κ2) is 8.24. The first-order chi connectivity index (χ1) is 13.0. The third kappa shape index (κ3) is 4.30. The van der Waals surface area contributed by atoms with E-state index in [0.29, 0.717) is 39.7 Å². The molecule has 0 fully saturated rings. The van der Waals surface area contributed by atoms with Crippen LogP contribution in [-0.4, -0.2) is 21.1 Å². The number of benzene rings is 2. The van der Waals surface area contributed by atoms with Crippen LogP contribution < -0.4 is 5.48 Å². The minimum Gasteiger partial charge on any atom is -0.289 e. The highest BCUT2D eigenvalue weighted by Gasteiger charge is 2.15. The van der Waals surface area contributed by atoms with Gasteiger partial charge in [-0.2, -0.15) is 0 Å². The summed E-state index contributed by atoms with van der Waals surface area (Å²) in [5.74, 6) is -0.471. The van der Waals surface area contributed by atoms with Gasteiger partial charge in [-0.3, -0.25) is 10.0 Å². The van der Waals surface area contributed by atoms with Gasteiger partial charge < -0.3 is 0 Å². The number of aromatic nitrogens is 2. The zero-order valence-corrected chi connectivity index (χ0v) is 15.3. The van der Waals surface area contributed by atoms with Crippen LogP contribution in [0.5, 0.6) is 0 Å². The Morgan fingerprint density at radius 3 is 2.70 bits per heavy atom. The van der Waals surface area contributed by atoms with E-state index < -0.39 is 5.91 Å². The van der Waals surface area contributed by atoms with Gasteiger partial charge in [0.15, 0.2) is 5.82 Å². The smallest absolute Gasteiger partial charge is 0.247 e. The normalized spacial score (nSPS) is 10.7. The Kier molecular flexibility index (Phi) is 5.78. The quantitative estimate of drug-likeness (QED) is 0.516. The van der Waals surface area contributed by atoms with Crippen molar-refractivity contribution in [2.75, 3.05) is 0 Å². The molecule has 1 amide bonds. The van der Waals surface area contributed by atoms with Crippen molar-refractivity contribution in [2.45, 2.75) is 19.8 Å². The molecule has 0 saturated carbocycles. The van der Waals surface area contributed by atoms with Crippen molar-refractivity contribution in [3.05, 3.63) is 81.9 Å². The van der Waals surface area contributed by atoms with E-state index in [9.17, 15) is 9.18 Å². The van der Waals surface area contributed by atoms with Crippen LogP contribution in [-0.2, 0) is 17.6 Å². The van der Waals surface area contributed by atoms with E-state index in [2.05, 4.69) is 9.97 Å². The van der Waals surface area contributed by atoms with Crippen molar-refractivity contribution in [2.24, 2.45) is 0 Å². The lowest BCUT2D eigenvalue weighted by Crippen LogP contribution is -2.22. The number of amides is 1. The highest BCUT2D eigenvalue weighted by atomic mass is 35.5. The summed E-state index contributed by atoms with van der Waals surface area (Å²) in [4.78, 5) is 20.5. The van der Waals surface area contributed by atoms with Crippen LogP contribution in [0.2, 0.25) is 5.02 Å². The molecule has 7 heteroatoms. The van der Waals surface area contributed by atoms with Crippen LogP contribution in [0.15, 0.2) is 48.7 Å². The highest BCUT2D eigenvalue weighted by Crippen LogP contribution is 2.26. The van der Waals surface area contributed by atoms with E-state index in [1.165, 1.54) is 12.3 Å². The highest BCUT2D eigenvalue weighted by molar-refractivity contribution is 6.33. The molecule has 1 heterocycles. The van der Waals surface area contributed by atoms with Crippen LogP contribution >= 0.6 is 11.6 Å². The van der Waals surface area contributed by atoms with E-state index in [-0.39, 0.29) is 12.2 Å². The standard InChI is InChI=1S/C20H17ClFN3O2/c1-12-13(5-4-8-17(12)22)9-18-14(10-19(26)25-27)11-23-20(24-18)15-6-2-3-7-16(15)21/h2-8,11,27H,9-10H2,1H3,(H,25,26). The second-order valence-electron chi connectivity index (χ2n) is 6.06. The van der Waals surface area contributed by atoms with Crippen LogP contribution in [0.25, 0.3) is 11.4 Å². The molecule has 138 valence electrons. The Morgan fingerprint density at radius 2 is 1.96 bits per heavy atom. The zero-order valence-electron chi connectivity index (χ0n) is 14.5. The Balaban J connectivity index is 2.06. The maximum atomic E-state index is 13.9. The number of hydroxylamine groups is 1. The summed E-state index contributed by atoms with van der Waals surface area (Å²) in [5.41, 5.74) is 4.65. The first-order valence-electron chi connectivity index (χ1n) is 8.26. The Bertz CT molecular complexity index is 995. The van der Waals surface area contributed by atoms with Crippen molar-refractivity contribution in [3.63, 3.8) is 0 Å². The number of hydrogen-bond acceptors (Lipinski definition) is 4. The van der Waals surface area contributed by atoms with E-state index in [0.717, 1.165) is 5.56 Å². The average molecular weight is 386 g/mol. The minimum atomic E-state index is -0.582. The molecule has 0 unspecified atom stereocenters. The van der Waals surface area contributed by atoms with Crippen LogP contribution in [0.3, 0.4) is 0 Å². The summed E-state index contributed by atoms with van der Waals surface area (Å²) in [6, 6.07) is 12.0.